The minimum atomic E-state index is -0.279. The predicted molar refractivity (Wildman–Crippen MR) is 146 cm³/mol. The first-order valence-corrected chi connectivity index (χ1v) is 12.9. The molecule has 2 aliphatic carbocycles. The van der Waals surface area contributed by atoms with E-state index in [1.54, 1.807) is 12.1 Å². The Labute approximate surface area is 214 Å². The molecule has 2 aliphatic rings. The molecule has 0 bridgehead atoms. The van der Waals surface area contributed by atoms with Crippen LogP contribution in [0.2, 0.25) is 0 Å². The third kappa shape index (κ3) is 5.28. The highest BCUT2D eigenvalue weighted by Gasteiger charge is 2.47. The van der Waals surface area contributed by atoms with Gasteiger partial charge in [-0.3, -0.25) is 9.79 Å². The smallest absolute Gasteiger partial charge is 0.253 e. The Hall–Kier alpha value is -3.28. The molecular formula is C30H37FN4O. The molecule has 2 aromatic carbocycles. The van der Waals surface area contributed by atoms with Crippen LogP contribution < -0.4 is 10.2 Å². The number of nitrogens with zero attached hydrogens (tertiary/aromatic N) is 2. The molecule has 0 saturated heterocycles. The second kappa shape index (κ2) is 10.8. The van der Waals surface area contributed by atoms with Gasteiger partial charge in [-0.25, -0.2) is 4.39 Å². The minimum Gasteiger partial charge on any atom is -0.377 e. The van der Waals surface area contributed by atoms with Gasteiger partial charge in [-0.1, -0.05) is 31.6 Å². The Balaban J connectivity index is 1.52. The molecule has 4 unspecified atom stereocenters. The molecule has 0 aliphatic heterocycles. The number of anilines is 1. The highest BCUT2D eigenvalue weighted by molar-refractivity contribution is 6.08. The quantitative estimate of drug-likeness (QED) is 0.412. The third-order valence-electron chi connectivity index (χ3n) is 8.06. The van der Waals surface area contributed by atoms with Crippen molar-refractivity contribution in [2.45, 2.75) is 52.0 Å². The summed E-state index contributed by atoms with van der Waals surface area (Å²) in [6.07, 6.45) is 8.35. The maximum Gasteiger partial charge on any atom is 0.253 e. The predicted octanol–water partition coefficient (Wildman–Crippen LogP) is 6.58. The molecule has 1 saturated carbocycles. The molecule has 1 amide bonds. The lowest BCUT2D eigenvalue weighted by atomic mass is 9.65. The van der Waals surface area contributed by atoms with Crippen LogP contribution in [-0.2, 0) is 0 Å². The number of rotatable bonds is 8. The number of fused-ring (bicyclic) bond motifs is 1. The number of hydrogen-bond donors (Lipinski definition) is 2. The maximum absolute atomic E-state index is 13.3. The summed E-state index contributed by atoms with van der Waals surface area (Å²) in [4.78, 5) is 19.9. The number of para-hydroxylation sites is 1. The number of aliphatic imine (C=N–C) groups is 1. The van der Waals surface area contributed by atoms with Crippen molar-refractivity contribution in [3.8, 4) is 0 Å². The van der Waals surface area contributed by atoms with Gasteiger partial charge in [0.15, 0.2) is 0 Å². The molecule has 5 nitrogen and oxygen atoms in total. The maximum atomic E-state index is 13.3. The highest BCUT2D eigenvalue weighted by Crippen LogP contribution is 2.55. The number of allylic oxidation sites excluding steroid dienone is 2. The molecule has 4 atom stereocenters. The monoisotopic (exact) mass is 488 g/mol. The number of carbonyl (C=O) groups is 1. The SMILES string of the molecule is CCC(CC1CCC2=CC(=Nc3ccc(F)cc3)C(C=N)CC21C)NC(=O)c1ccccc1N(C)C. The highest BCUT2D eigenvalue weighted by atomic mass is 19.1. The fraction of sp³-hybridized carbons (Fsp3) is 0.433. The van der Waals surface area contributed by atoms with Gasteiger partial charge in [0.1, 0.15) is 5.82 Å². The molecule has 6 heteroatoms. The van der Waals surface area contributed by atoms with E-state index >= 15 is 0 Å². The molecule has 2 N–H and O–H groups in total. The van der Waals surface area contributed by atoms with Crippen molar-refractivity contribution < 1.29 is 9.18 Å². The van der Waals surface area contributed by atoms with Gasteiger partial charge in [0.05, 0.1) is 11.3 Å². The summed E-state index contributed by atoms with van der Waals surface area (Å²) in [5, 5.41) is 11.4. The van der Waals surface area contributed by atoms with E-state index in [-0.39, 0.29) is 29.1 Å². The van der Waals surface area contributed by atoms with Crippen LogP contribution >= 0.6 is 0 Å². The zero-order valence-corrected chi connectivity index (χ0v) is 21.7. The first-order chi connectivity index (χ1) is 17.2. The van der Waals surface area contributed by atoms with Crippen molar-refractivity contribution in [2.75, 3.05) is 19.0 Å². The van der Waals surface area contributed by atoms with Crippen LogP contribution in [0.25, 0.3) is 0 Å². The minimum absolute atomic E-state index is 0.0241. The van der Waals surface area contributed by atoms with Crippen molar-refractivity contribution in [1.29, 1.82) is 5.41 Å². The van der Waals surface area contributed by atoms with Crippen LogP contribution in [0.4, 0.5) is 15.8 Å². The summed E-state index contributed by atoms with van der Waals surface area (Å²) in [7, 11) is 3.90. The summed E-state index contributed by atoms with van der Waals surface area (Å²) < 4.78 is 13.3. The third-order valence-corrected chi connectivity index (χ3v) is 8.06. The van der Waals surface area contributed by atoms with Crippen LogP contribution in [0.5, 0.6) is 0 Å². The Bertz CT molecular complexity index is 1170. The van der Waals surface area contributed by atoms with Gasteiger partial charge >= 0.3 is 0 Å². The van der Waals surface area contributed by atoms with Crippen molar-refractivity contribution in [3.63, 3.8) is 0 Å². The van der Waals surface area contributed by atoms with E-state index in [9.17, 15) is 9.18 Å². The Morgan fingerprint density at radius 2 is 1.97 bits per heavy atom. The molecule has 36 heavy (non-hydrogen) atoms. The standard InChI is InChI=1S/C30H37FN4O/c1-5-24(34-29(36)26-8-6-7-9-28(26)35(3)4)16-21-10-11-22-17-27(20(19-32)18-30(21,22)2)33-25-14-12-23(31)13-15-25/h6-9,12-15,17,19-21,24,32H,5,10-11,16,18H2,1-4H3,(H,34,36). The molecule has 190 valence electrons. The van der Waals surface area contributed by atoms with E-state index in [4.69, 9.17) is 10.4 Å². The molecule has 0 spiro atoms. The first kappa shape index (κ1) is 25.8. The van der Waals surface area contributed by atoms with Crippen LogP contribution in [0.1, 0.15) is 56.3 Å². The lowest BCUT2D eigenvalue weighted by Crippen LogP contribution is -2.40. The molecule has 4 rings (SSSR count). The number of halogens is 1. The fourth-order valence-electron chi connectivity index (χ4n) is 5.87. The van der Waals surface area contributed by atoms with Crippen LogP contribution in [0, 0.1) is 28.5 Å². The number of nitrogens with one attached hydrogen (secondary N) is 2. The molecule has 0 heterocycles. The number of benzene rings is 2. The van der Waals surface area contributed by atoms with Crippen LogP contribution in [0.3, 0.4) is 0 Å². The average Bonchev–Trinajstić information content (AvgIpc) is 3.19. The van der Waals surface area contributed by atoms with Crippen molar-refractivity contribution in [1.82, 2.24) is 5.32 Å². The summed E-state index contributed by atoms with van der Waals surface area (Å²) in [5.74, 6) is 0.0392. The van der Waals surface area contributed by atoms with Gasteiger partial charge in [0, 0.05) is 43.7 Å². The fourth-order valence-corrected chi connectivity index (χ4v) is 5.87. The number of amides is 1. The van der Waals surface area contributed by atoms with Gasteiger partial charge in [0.25, 0.3) is 5.91 Å². The van der Waals surface area contributed by atoms with Crippen molar-refractivity contribution >= 4 is 29.2 Å². The Morgan fingerprint density at radius 3 is 2.64 bits per heavy atom. The summed E-state index contributed by atoms with van der Waals surface area (Å²) in [6, 6.07) is 14.0. The average molecular weight is 489 g/mol. The van der Waals surface area contributed by atoms with Gasteiger partial charge in [0.2, 0.25) is 0 Å². The van der Waals surface area contributed by atoms with Crippen LogP contribution in [-0.4, -0.2) is 38.0 Å². The van der Waals surface area contributed by atoms with Gasteiger partial charge in [-0.2, -0.15) is 0 Å². The normalized spacial score (nSPS) is 25.1. The Kier molecular flexibility index (Phi) is 7.72. The lowest BCUT2D eigenvalue weighted by Gasteiger charge is -2.40. The van der Waals surface area contributed by atoms with Gasteiger partial charge in [-0.05, 0) is 85.9 Å². The van der Waals surface area contributed by atoms with E-state index in [1.165, 1.54) is 23.9 Å². The second-order valence-corrected chi connectivity index (χ2v) is 10.5. The van der Waals surface area contributed by atoms with E-state index in [1.807, 2.05) is 43.3 Å². The molecule has 1 fully saturated rings. The zero-order chi connectivity index (χ0) is 25.9. The number of carbonyl (C=O) groups excluding carboxylic acids is 1. The topological polar surface area (TPSA) is 68.5 Å². The Morgan fingerprint density at radius 1 is 1.25 bits per heavy atom. The molecule has 0 radical (unpaired) electrons. The zero-order valence-electron chi connectivity index (χ0n) is 21.7. The second-order valence-electron chi connectivity index (χ2n) is 10.5. The van der Waals surface area contributed by atoms with E-state index in [0.717, 1.165) is 43.5 Å². The first-order valence-electron chi connectivity index (χ1n) is 12.9. The summed E-state index contributed by atoms with van der Waals surface area (Å²) >= 11 is 0. The van der Waals surface area contributed by atoms with E-state index < -0.39 is 0 Å². The lowest BCUT2D eigenvalue weighted by molar-refractivity contribution is 0.0921. The number of hydrogen-bond acceptors (Lipinski definition) is 4. The van der Waals surface area contributed by atoms with E-state index in [0.29, 0.717) is 17.2 Å². The summed E-state index contributed by atoms with van der Waals surface area (Å²) in [5.41, 5.74) is 4.55. The van der Waals surface area contributed by atoms with Gasteiger partial charge < -0.3 is 15.6 Å². The molecular weight excluding hydrogens is 451 g/mol. The van der Waals surface area contributed by atoms with Crippen molar-refractivity contribution in [3.05, 3.63) is 71.6 Å². The largest absolute Gasteiger partial charge is 0.377 e. The molecule has 2 aromatic rings. The van der Waals surface area contributed by atoms with E-state index in [2.05, 4.69) is 25.2 Å². The van der Waals surface area contributed by atoms with Gasteiger partial charge in [-0.15, -0.1) is 0 Å². The van der Waals surface area contributed by atoms with Crippen LogP contribution in [0.15, 0.2) is 65.2 Å². The van der Waals surface area contributed by atoms with Crippen molar-refractivity contribution in [2.24, 2.45) is 22.2 Å². The summed E-state index contributed by atoms with van der Waals surface area (Å²) in [6.45, 7) is 4.45. The molecule has 0 aromatic heterocycles.